The molecule has 2 aliphatic heterocycles. The van der Waals surface area contributed by atoms with Gasteiger partial charge in [-0.05, 0) is 71.6 Å². The number of rotatable bonds is 8. The Morgan fingerprint density at radius 1 is 1.16 bits per heavy atom. The van der Waals surface area contributed by atoms with Crippen molar-refractivity contribution >= 4 is 0 Å². The minimum atomic E-state index is 0.774. The summed E-state index contributed by atoms with van der Waals surface area (Å²) in [5.41, 5.74) is 0. The molecule has 2 unspecified atom stereocenters. The van der Waals surface area contributed by atoms with Crippen molar-refractivity contribution in [1.82, 2.24) is 15.1 Å². The first-order valence-electron chi connectivity index (χ1n) is 8.50. The topological polar surface area (TPSA) is 18.5 Å². The van der Waals surface area contributed by atoms with Crippen LogP contribution in [0.4, 0.5) is 0 Å². The Bertz CT molecular complexity index is 238. The molecule has 0 aliphatic carbocycles. The zero-order valence-electron chi connectivity index (χ0n) is 13.0. The van der Waals surface area contributed by atoms with Crippen LogP contribution in [0.25, 0.3) is 0 Å². The lowest BCUT2D eigenvalue weighted by Gasteiger charge is -2.27. The molecular weight excluding hydrogens is 234 g/mol. The normalized spacial score (nSPS) is 27.2. The summed E-state index contributed by atoms with van der Waals surface area (Å²) in [4.78, 5) is 5.46. The fourth-order valence-corrected chi connectivity index (χ4v) is 3.58. The number of likely N-dealkylation sites (tertiary alicyclic amines) is 2. The molecule has 0 aromatic heterocycles. The third kappa shape index (κ3) is 4.73. The van der Waals surface area contributed by atoms with Crippen LogP contribution in [-0.4, -0.2) is 61.2 Å². The van der Waals surface area contributed by atoms with Crippen molar-refractivity contribution in [2.24, 2.45) is 0 Å². The molecule has 2 fully saturated rings. The van der Waals surface area contributed by atoms with Crippen LogP contribution in [0.15, 0.2) is 0 Å². The maximum absolute atomic E-state index is 3.51. The molecule has 0 radical (unpaired) electrons. The van der Waals surface area contributed by atoms with Crippen molar-refractivity contribution < 1.29 is 0 Å². The molecule has 0 spiro atoms. The summed E-state index contributed by atoms with van der Waals surface area (Å²) in [5.74, 6) is 0. The zero-order valence-corrected chi connectivity index (χ0v) is 13.0. The minimum absolute atomic E-state index is 0.774. The van der Waals surface area contributed by atoms with Crippen LogP contribution >= 0.6 is 0 Å². The van der Waals surface area contributed by atoms with Gasteiger partial charge >= 0.3 is 0 Å². The van der Waals surface area contributed by atoms with Crippen molar-refractivity contribution in [3.05, 3.63) is 0 Å². The highest BCUT2D eigenvalue weighted by Crippen LogP contribution is 2.22. The second kappa shape index (κ2) is 8.23. The maximum atomic E-state index is 3.51. The van der Waals surface area contributed by atoms with E-state index < -0.39 is 0 Å². The molecule has 2 aliphatic rings. The Hall–Kier alpha value is -0.120. The maximum Gasteiger partial charge on any atom is 0.0235 e. The van der Waals surface area contributed by atoms with E-state index in [0.717, 1.165) is 12.1 Å². The van der Waals surface area contributed by atoms with Crippen LogP contribution in [0.5, 0.6) is 0 Å². The SMILES string of the molecule is CCCNCCCC(C)N1CCC(N2CCCC2)C1. The summed E-state index contributed by atoms with van der Waals surface area (Å²) in [5, 5.41) is 3.51. The molecule has 2 rings (SSSR count). The molecular formula is C16H33N3. The molecule has 2 atom stereocenters. The quantitative estimate of drug-likeness (QED) is 0.681. The van der Waals surface area contributed by atoms with Crippen molar-refractivity contribution in [2.45, 2.75) is 64.5 Å². The van der Waals surface area contributed by atoms with Gasteiger partial charge in [-0.25, -0.2) is 0 Å². The van der Waals surface area contributed by atoms with E-state index in [4.69, 9.17) is 0 Å². The lowest BCUT2D eigenvalue weighted by atomic mass is 10.1. The summed E-state index contributed by atoms with van der Waals surface area (Å²) >= 11 is 0. The first kappa shape index (κ1) is 15.3. The molecule has 19 heavy (non-hydrogen) atoms. The largest absolute Gasteiger partial charge is 0.317 e. The molecule has 1 N–H and O–H groups in total. The molecule has 2 saturated heterocycles. The van der Waals surface area contributed by atoms with Crippen molar-refractivity contribution in [2.75, 3.05) is 39.3 Å². The highest BCUT2D eigenvalue weighted by atomic mass is 15.3. The van der Waals surface area contributed by atoms with Crippen molar-refractivity contribution in [3.63, 3.8) is 0 Å². The van der Waals surface area contributed by atoms with E-state index in [1.807, 2.05) is 0 Å². The zero-order chi connectivity index (χ0) is 13.5. The molecule has 3 heteroatoms. The number of hydrogen-bond donors (Lipinski definition) is 1. The summed E-state index contributed by atoms with van der Waals surface area (Å²) in [6.45, 7) is 12.4. The van der Waals surface area contributed by atoms with Gasteiger partial charge in [0.2, 0.25) is 0 Å². The third-order valence-corrected chi connectivity index (χ3v) is 4.88. The predicted octanol–water partition coefficient (Wildman–Crippen LogP) is 2.32. The molecule has 0 amide bonds. The van der Waals surface area contributed by atoms with Gasteiger partial charge < -0.3 is 5.32 Å². The van der Waals surface area contributed by atoms with Crippen LogP contribution in [0.3, 0.4) is 0 Å². The van der Waals surface area contributed by atoms with E-state index in [9.17, 15) is 0 Å². The second-order valence-corrected chi connectivity index (χ2v) is 6.42. The van der Waals surface area contributed by atoms with Crippen LogP contribution in [0.2, 0.25) is 0 Å². The Morgan fingerprint density at radius 3 is 2.68 bits per heavy atom. The molecule has 112 valence electrons. The fourth-order valence-electron chi connectivity index (χ4n) is 3.58. The minimum Gasteiger partial charge on any atom is -0.317 e. The smallest absolute Gasteiger partial charge is 0.0235 e. The van der Waals surface area contributed by atoms with Gasteiger partial charge in [0.1, 0.15) is 0 Å². The number of nitrogens with zero attached hydrogens (tertiary/aromatic N) is 2. The van der Waals surface area contributed by atoms with Gasteiger partial charge in [-0.2, -0.15) is 0 Å². The molecule has 0 aromatic carbocycles. The van der Waals surface area contributed by atoms with Gasteiger partial charge in [0, 0.05) is 25.2 Å². The highest BCUT2D eigenvalue weighted by molar-refractivity contribution is 4.87. The predicted molar refractivity (Wildman–Crippen MR) is 82.6 cm³/mol. The summed E-state index contributed by atoms with van der Waals surface area (Å²) in [7, 11) is 0. The molecule has 0 bridgehead atoms. The average Bonchev–Trinajstić information content (AvgIpc) is 3.08. The van der Waals surface area contributed by atoms with E-state index in [2.05, 4.69) is 29.0 Å². The third-order valence-electron chi connectivity index (χ3n) is 4.88. The fraction of sp³-hybridized carbons (Fsp3) is 1.00. The standard InChI is InChI=1S/C16H33N3/c1-3-9-17-10-6-7-15(2)19-13-8-16(14-19)18-11-4-5-12-18/h15-17H,3-14H2,1-2H3. The summed E-state index contributed by atoms with van der Waals surface area (Å²) < 4.78 is 0. The van der Waals surface area contributed by atoms with Gasteiger partial charge in [0.05, 0.1) is 0 Å². The molecule has 0 aromatic rings. The van der Waals surface area contributed by atoms with E-state index in [1.54, 1.807) is 0 Å². The van der Waals surface area contributed by atoms with Gasteiger partial charge in [-0.3, -0.25) is 9.80 Å². The lowest BCUT2D eigenvalue weighted by Crippen LogP contribution is -2.38. The van der Waals surface area contributed by atoms with E-state index in [0.29, 0.717) is 0 Å². The van der Waals surface area contributed by atoms with Crippen LogP contribution in [0.1, 0.15) is 52.4 Å². The Kier molecular flexibility index (Phi) is 6.62. The molecule has 2 heterocycles. The second-order valence-electron chi connectivity index (χ2n) is 6.42. The Morgan fingerprint density at radius 2 is 1.95 bits per heavy atom. The van der Waals surface area contributed by atoms with Crippen LogP contribution in [0, 0.1) is 0 Å². The van der Waals surface area contributed by atoms with Crippen molar-refractivity contribution in [3.8, 4) is 0 Å². The Labute approximate surface area is 119 Å². The monoisotopic (exact) mass is 267 g/mol. The summed E-state index contributed by atoms with van der Waals surface area (Å²) in [6, 6.07) is 1.64. The molecule has 3 nitrogen and oxygen atoms in total. The molecule has 0 saturated carbocycles. The average molecular weight is 267 g/mol. The van der Waals surface area contributed by atoms with E-state index in [1.165, 1.54) is 77.8 Å². The highest BCUT2D eigenvalue weighted by Gasteiger charge is 2.30. The van der Waals surface area contributed by atoms with Gasteiger partial charge in [-0.15, -0.1) is 0 Å². The van der Waals surface area contributed by atoms with Gasteiger partial charge in [-0.1, -0.05) is 6.92 Å². The van der Waals surface area contributed by atoms with Crippen LogP contribution < -0.4 is 5.32 Å². The Balaban J connectivity index is 1.59. The number of nitrogens with one attached hydrogen (secondary N) is 1. The van der Waals surface area contributed by atoms with E-state index in [-0.39, 0.29) is 0 Å². The van der Waals surface area contributed by atoms with Crippen LogP contribution in [-0.2, 0) is 0 Å². The van der Waals surface area contributed by atoms with Gasteiger partial charge in [0.25, 0.3) is 0 Å². The van der Waals surface area contributed by atoms with Crippen molar-refractivity contribution in [1.29, 1.82) is 0 Å². The van der Waals surface area contributed by atoms with Gasteiger partial charge in [0.15, 0.2) is 0 Å². The summed E-state index contributed by atoms with van der Waals surface area (Å²) in [6.07, 6.45) is 8.18. The first-order valence-corrected chi connectivity index (χ1v) is 8.50. The lowest BCUT2D eigenvalue weighted by molar-refractivity contribution is 0.200. The van der Waals surface area contributed by atoms with E-state index >= 15 is 0 Å². The number of hydrogen-bond acceptors (Lipinski definition) is 3. The first-order chi connectivity index (χ1) is 9.31.